The Morgan fingerprint density at radius 2 is 1.88 bits per heavy atom. The number of aromatic nitrogens is 1. The van der Waals surface area contributed by atoms with Gasteiger partial charge >= 0.3 is 5.97 Å². The minimum absolute atomic E-state index is 0.168. The molecule has 4 rings (SSSR count). The van der Waals surface area contributed by atoms with Gasteiger partial charge in [0.1, 0.15) is 6.61 Å². The first-order valence-corrected chi connectivity index (χ1v) is 8.21. The lowest BCUT2D eigenvalue weighted by Crippen LogP contribution is -2.06. The quantitative estimate of drug-likeness (QED) is 0.682. The molecule has 0 N–H and O–H groups in total. The molecule has 0 saturated carbocycles. The van der Waals surface area contributed by atoms with Crippen LogP contribution in [0.1, 0.15) is 22.3 Å². The van der Waals surface area contributed by atoms with Gasteiger partial charge in [-0.3, -0.25) is 4.98 Å². The second-order valence-electron chi connectivity index (χ2n) is 5.78. The third-order valence-electron chi connectivity index (χ3n) is 4.06. The molecular formula is C20H17NO4. The zero-order valence-corrected chi connectivity index (χ0v) is 13.6. The fourth-order valence-electron chi connectivity index (χ4n) is 2.80. The molecule has 0 unspecified atom stereocenters. The van der Waals surface area contributed by atoms with Crippen LogP contribution < -0.4 is 9.47 Å². The molecule has 0 saturated heterocycles. The highest BCUT2D eigenvalue weighted by molar-refractivity contribution is 5.90. The summed E-state index contributed by atoms with van der Waals surface area (Å²) in [5.41, 5.74) is 2.16. The van der Waals surface area contributed by atoms with E-state index >= 15 is 0 Å². The minimum atomic E-state index is -0.399. The van der Waals surface area contributed by atoms with Gasteiger partial charge in [0.25, 0.3) is 0 Å². The number of nitrogens with zero attached hydrogens (tertiary/aromatic N) is 1. The predicted molar refractivity (Wildman–Crippen MR) is 92.9 cm³/mol. The van der Waals surface area contributed by atoms with Gasteiger partial charge in [0, 0.05) is 23.6 Å². The predicted octanol–water partition coefficient (Wildman–Crippen LogP) is 3.75. The monoisotopic (exact) mass is 335 g/mol. The summed E-state index contributed by atoms with van der Waals surface area (Å²) in [5.74, 6) is 0.842. The maximum absolute atomic E-state index is 12.4. The van der Waals surface area contributed by atoms with Crippen LogP contribution in [-0.4, -0.2) is 24.2 Å². The molecule has 25 heavy (non-hydrogen) atoms. The van der Waals surface area contributed by atoms with Crippen molar-refractivity contribution in [1.82, 2.24) is 4.98 Å². The van der Waals surface area contributed by atoms with Gasteiger partial charge in [-0.05, 0) is 24.3 Å². The van der Waals surface area contributed by atoms with Crippen LogP contribution in [0, 0.1) is 0 Å². The number of para-hydroxylation sites is 1. The largest absolute Gasteiger partial charge is 0.490 e. The summed E-state index contributed by atoms with van der Waals surface area (Å²) in [6, 6.07) is 14.8. The van der Waals surface area contributed by atoms with E-state index < -0.39 is 5.97 Å². The Morgan fingerprint density at radius 1 is 1.04 bits per heavy atom. The number of carbonyl (C=O) groups is 1. The lowest BCUT2D eigenvalue weighted by atomic mass is 10.1. The van der Waals surface area contributed by atoms with Gasteiger partial charge in [0.2, 0.25) is 0 Å². The highest BCUT2D eigenvalue weighted by Crippen LogP contribution is 2.30. The van der Waals surface area contributed by atoms with Crippen LogP contribution in [0.15, 0.2) is 54.7 Å². The van der Waals surface area contributed by atoms with Crippen molar-refractivity contribution in [3.8, 4) is 11.5 Å². The van der Waals surface area contributed by atoms with Gasteiger partial charge < -0.3 is 14.2 Å². The van der Waals surface area contributed by atoms with Gasteiger partial charge in [-0.2, -0.15) is 0 Å². The maximum atomic E-state index is 12.4. The summed E-state index contributed by atoms with van der Waals surface area (Å²) in [6.45, 7) is 1.36. The average Bonchev–Trinajstić information content (AvgIpc) is 2.90. The summed E-state index contributed by atoms with van der Waals surface area (Å²) < 4.78 is 16.7. The SMILES string of the molecule is O=C(OCc1cccc2cccnc12)c1ccc2c(c1)OCCCO2. The topological polar surface area (TPSA) is 57.7 Å². The molecule has 0 radical (unpaired) electrons. The summed E-state index contributed by atoms with van der Waals surface area (Å²) >= 11 is 0. The molecule has 0 atom stereocenters. The Hall–Kier alpha value is -3.08. The second kappa shape index (κ2) is 6.81. The molecule has 0 fully saturated rings. The Labute approximate surface area is 145 Å². The third-order valence-corrected chi connectivity index (χ3v) is 4.06. The number of ether oxygens (including phenoxy) is 3. The number of esters is 1. The molecule has 1 aliphatic rings. The first kappa shape index (κ1) is 15.4. The van der Waals surface area contributed by atoms with Crippen LogP contribution in [-0.2, 0) is 11.3 Å². The summed E-state index contributed by atoms with van der Waals surface area (Å²) in [7, 11) is 0. The zero-order chi connectivity index (χ0) is 17.1. The first-order valence-electron chi connectivity index (χ1n) is 8.21. The molecule has 126 valence electrons. The van der Waals surface area contributed by atoms with Crippen LogP contribution in [0.3, 0.4) is 0 Å². The molecule has 1 aromatic heterocycles. The van der Waals surface area contributed by atoms with E-state index in [2.05, 4.69) is 4.98 Å². The first-order chi connectivity index (χ1) is 12.3. The molecule has 0 aliphatic carbocycles. The molecule has 2 heterocycles. The number of rotatable bonds is 3. The Bertz CT molecular complexity index is 917. The number of pyridine rings is 1. The number of carbonyl (C=O) groups excluding carboxylic acids is 1. The van der Waals surface area contributed by atoms with Crippen molar-refractivity contribution < 1.29 is 19.0 Å². The van der Waals surface area contributed by atoms with E-state index in [1.165, 1.54) is 0 Å². The molecule has 3 aromatic rings. The van der Waals surface area contributed by atoms with Crippen LogP contribution in [0.5, 0.6) is 11.5 Å². The fraction of sp³-hybridized carbons (Fsp3) is 0.200. The van der Waals surface area contributed by atoms with Crippen LogP contribution >= 0.6 is 0 Å². The zero-order valence-electron chi connectivity index (χ0n) is 13.6. The Kier molecular flexibility index (Phi) is 4.21. The van der Waals surface area contributed by atoms with Crippen molar-refractivity contribution in [3.63, 3.8) is 0 Å². The summed E-state index contributed by atoms with van der Waals surface area (Å²) in [6.07, 6.45) is 2.56. The lowest BCUT2D eigenvalue weighted by Gasteiger charge is -2.10. The molecule has 0 amide bonds. The van der Waals surface area contributed by atoms with Crippen molar-refractivity contribution in [3.05, 3.63) is 65.9 Å². The second-order valence-corrected chi connectivity index (χ2v) is 5.78. The number of benzene rings is 2. The highest BCUT2D eigenvalue weighted by Gasteiger charge is 2.15. The van der Waals surface area contributed by atoms with Crippen molar-refractivity contribution in [2.24, 2.45) is 0 Å². The molecule has 5 nitrogen and oxygen atoms in total. The van der Waals surface area contributed by atoms with Crippen molar-refractivity contribution in [1.29, 1.82) is 0 Å². The van der Waals surface area contributed by atoms with Gasteiger partial charge in [-0.25, -0.2) is 4.79 Å². The van der Waals surface area contributed by atoms with Crippen LogP contribution in [0.4, 0.5) is 0 Å². The van der Waals surface area contributed by atoms with Gasteiger partial charge in [0.05, 0.1) is 24.3 Å². The van der Waals surface area contributed by atoms with Crippen molar-refractivity contribution in [2.75, 3.05) is 13.2 Å². The molecule has 2 aromatic carbocycles. The number of hydrogen-bond donors (Lipinski definition) is 0. The molecule has 0 spiro atoms. The van der Waals surface area contributed by atoms with E-state index in [9.17, 15) is 4.79 Å². The van der Waals surface area contributed by atoms with Crippen molar-refractivity contribution in [2.45, 2.75) is 13.0 Å². The number of fused-ring (bicyclic) bond motifs is 2. The fourth-order valence-corrected chi connectivity index (χ4v) is 2.80. The third kappa shape index (κ3) is 3.26. The normalized spacial score (nSPS) is 13.3. The van der Waals surface area contributed by atoms with E-state index in [1.807, 2.05) is 30.3 Å². The summed E-state index contributed by atoms with van der Waals surface area (Å²) in [4.78, 5) is 16.8. The molecular weight excluding hydrogens is 318 g/mol. The molecule has 1 aliphatic heterocycles. The minimum Gasteiger partial charge on any atom is -0.490 e. The maximum Gasteiger partial charge on any atom is 0.338 e. The van der Waals surface area contributed by atoms with E-state index in [-0.39, 0.29) is 6.61 Å². The van der Waals surface area contributed by atoms with Gasteiger partial charge in [-0.1, -0.05) is 24.3 Å². The van der Waals surface area contributed by atoms with E-state index in [0.29, 0.717) is 30.3 Å². The molecule has 0 bridgehead atoms. The van der Waals surface area contributed by atoms with Gasteiger partial charge in [0.15, 0.2) is 11.5 Å². The van der Waals surface area contributed by atoms with Crippen LogP contribution in [0.2, 0.25) is 0 Å². The average molecular weight is 335 g/mol. The van der Waals surface area contributed by atoms with E-state index in [1.54, 1.807) is 24.4 Å². The highest BCUT2D eigenvalue weighted by atomic mass is 16.5. The Balaban J connectivity index is 1.51. The van der Waals surface area contributed by atoms with Gasteiger partial charge in [-0.15, -0.1) is 0 Å². The standard InChI is InChI=1S/C20H17NO4/c22-20(15-7-8-17-18(12-15)24-11-3-10-23-17)25-13-16-5-1-4-14-6-2-9-21-19(14)16/h1-2,4-9,12H,3,10-11,13H2. The summed E-state index contributed by atoms with van der Waals surface area (Å²) in [5, 5.41) is 1.02. The van der Waals surface area contributed by atoms with Crippen LogP contribution in [0.25, 0.3) is 10.9 Å². The molecule has 5 heteroatoms. The lowest BCUT2D eigenvalue weighted by molar-refractivity contribution is 0.0473. The van der Waals surface area contributed by atoms with Crippen molar-refractivity contribution >= 4 is 16.9 Å². The Morgan fingerprint density at radius 3 is 2.80 bits per heavy atom. The van der Waals surface area contributed by atoms with E-state index in [0.717, 1.165) is 22.9 Å². The van der Waals surface area contributed by atoms with E-state index in [4.69, 9.17) is 14.2 Å². The smallest absolute Gasteiger partial charge is 0.338 e. The number of hydrogen-bond acceptors (Lipinski definition) is 5.